The molecule has 3 N–H and O–H groups in total. The molecule has 0 amide bonds. The fraction of sp³-hybridized carbons (Fsp3) is 0.900. The van der Waals surface area contributed by atoms with Gasteiger partial charge in [-0.2, -0.15) is 13.2 Å². The summed E-state index contributed by atoms with van der Waals surface area (Å²) in [5.74, 6) is 5.67. The van der Waals surface area contributed by atoms with Crippen molar-refractivity contribution in [2.24, 2.45) is 16.8 Å². The molecule has 0 radical (unpaired) electrons. The van der Waals surface area contributed by atoms with E-state index in [1.165, 1.54) is 4.90 Å². The zero-order chi connectivity index (χ0) is 13.1. The number of hydrogen-bond donors (Lipinski definition) is 2. The zero-order valence-electron chi connectivity index (χ0n) is 10.1. The van der Waals surface area contributed by atoms with Gasteiger partial charge >= 0.3 is 6.18 Å². The van der Waals surface area contributed by atoms with Gasteiger partial charge in [-0.05, 0) is 18.8 Å². The molecule has 0 bridgehead atoms. The number of hydrazine groups is 1. The summed E-state index contributed by atoms with van der Waals surface area (Å²) in [7, 11) is 0. The second-order valence-electron chi connectivity index (χ2n) is 4.68. The van der Waals surface area contributed by atoms with E-state index in [0.717, 1.165) is 12.8 Å². The first-order chi connectivity index (χ1) is 7.83. The maximum Gasteiger partial charge on any atom is 0.406 e. The van der Waals surface area contributed by atoms with Crippen LogP contribution in [0.1, 0.15) is 26.7 Å². The molecular weight excluding hydrogens is 233 g/mol. The summed E-state index contributed by atoms with van der Waals surface area (Å²) in [4.78, 5) is 5.30. The van der Waals surface area contributed by atoms with Gasteiger partial charge in [0.25, 0.3) is 0 Å². The second-order valence-corrected chi connectivity index (χ2v) is 4.68. The highest BCUT2D eigenvalue weighted by atomic mass is 19.4. The van der Waals surface area contributed by atoms with Crippen molar-refractivity contribution in [2.45, 2.75) is 38.9 Å². The number of nitrogens with zero attached hydrogens (tertiary/aromatic N) is 2. The topological polar surface area (TPSA) is 53.6 Å². The Labute approximate surface area is 99.0 Å². The summed E-state index contributed by atoms with van der Waals surface area (Å²) in [6.45, 7) is 3.35. The highest BCUT2D eigenvalue weighted by molar-refractivity contribution is 5.80. The first kappa shape index (κ1) is 14.1. The Balaban J connectivity index is 2.69. The highest BCUT2D eigenvalue weighted by Crippen LogP contribution is 2.30. The fourth-order valence-electron chi connectivity index (χ4n) is 1.44. The van der Waals surface area contributed by atoms with Crippen molar-refractivity contribution in [3.8, 4) is 0 Å². The molecular formula is C10H19F3N4. The van der Waals surface area contributed by atoms with Gasteiger partial charge in [0.2, 0.25) is 5.96 Å². The van der Waals surface area contributed by atoms with E-state index in [4.69, 9.17) is 5.84 Å². The first-order valence-corrected chi connectivity index (χ1v) is 5.68. The molecule has 1 aliphatic rings. The van der Waals surface area contributed by atoms with Crippen LogP contribution in [-0.4, -0.2) is 36.2 Å². The average Bonchev–Trinajstić information content (AvgIpc) is 2.97. The van der Waals surface area contributed by atoms with Gasteiger partial charge in [0, 0.05) is 12.6 Å². The minimum atomic E-state index is -4.24. The van der Waals surface area contributed by atoms with E-state index in [2.05, 4.69) is 10.4 Å². The van der Waals surface area contributed by atoms with Crippen LogP contribution in [0.5, 0.6) is 0 Å². The smallest absolute Gasteiger partial charge is 0.330 e. The van der Waals surface area contributed by atoms with Crippen LogP contribution in [0.15, 0.2) is 4.99 Å². The van der Waals surface area contributed by atoms with E-state index in [9.17, 15) is 13.2 Å². The molecule has 1 aliphatic carbocycles. The minimum absolute atomic E-state index is 0.0846. The predicted molar refractivity (Wildman–Crippen MR) is 60.2 cm³/mol. The average molecular weight is 252 g/mol. The molecule has 0 saturated heterocycles. The lowest BCUT2D eigenvalue weighted by Gasteiger charge is -2.26. The molecule has 4 nitrogen and oxygen atoms in total. The number of nitrogens with two attached hydrogens (primary N) is 1. The van der Waals surface area contributed by atoms with Crippen LogP contribution in [-0.2, 0) is 0 Å². The zero-order valence-corrected chi connectivity index (χ0v) is 10.1. The van der Waals surface area contributed by atoms with Crippen LogP contribution in [0.4, 0.5) is 13.2 Å². The molecule has 0 aromatic rings. The lowest BCUT2D eigenvalue weighted by molar-refractivity contribution is -0.139. The van der Waals surface area contributed by atoms with E-state index in [1.807, 2.05) is 13.8 Å². The van der Waals surface area contributed by atoms with E-state index in [1.54, 1.807) is 0 Å². The van der Waals surface area contributed by atoms with Crippen molar-refractivity contribution in [3.63, 3.8) is 0 Å². The van der Waals surface area contributed by atoms with Crippen LogP contribution in [0.25, 0.3) is 0 Å². The van der Waals surface area contributed by atoms with Gasteiger partial charge in [-0.3, -0.25) is 10.4 Å². The first-order valence-electron chi connectivity index (χ1n) is 5.68. The van der Waals surface area contributed by atoms with Gasteiger partial charge in [0.1, 0.15) is 6.54 Å². The summed E-state index contributed by atoms with van der Waals surface area (Å²) in [6, 6.07) is -0.0846. The maximum atomic E-state index is 12.4. The molecule has 0 atom stereocenters. The number of nitrogens with one attached hydrogen (secondary N) is 1. The SMILES string of the molecule is CC(C)CN=C(NN)N(CC(F)(F)F)C1CC1. The van der Waals surface area contributed by atoms with Gasteiger partial charge in [-0.1, -0.05) is 13.8 Å². The minimum Gasteiger partial charge on any atom is -0.330 e. The largest absolute Gasteiger partial charge is 0.406 e. The Hall–Kier alpha value is -0.980. The highest BCUT2D eigenvalue weighted by Gasteiger charge is 2.39. The van der Waals surface area contributed by atoms with E-state index in [0.29, 0.717) is 6.54 Å². The lowest BCUT2D eigenvalue weighted by Crippen LogP contribution is -2.49. The Morgan fingerprint density at radius 2 is 2.06 bits per heavy atom. The molecule has 0 unspecified atom stereocenters. The Kier molecular flexibility index (Phi) is 4.62. The second kappa shape index (κ2) is 5.57. The van der Waals surface area contributed by atoms with Gasteiger partial charge in [0.05, 0.1) is 0 Å². The number of guanidine groups is 1. The van der Waals surface area contributed by atoms with Crippen molar-refractivity contribution >= 4 is 5.96 Å². The maximum absolute atomic E-state index is 12.4. The molecule has 100 valence electrons. The van der Waals surface area contributed by atoms with Gasteiger partial charge < -0.3 is 4.90 Å². The summed E-state index contributed by atoms with van der Waals surface area (Å²) in [5.41, 5.74) is 2.28. The van der Waals surface area contributed by atoms with Gasteiger partial charge in [-0.25, -0.2) is 5.84 Å². The molecule has 17 heavy (non-hydrogen) atoms. The number of halogens is 3. The third-order valence-corrected chi connectivity index (χ3v) is 2.34. The standard InChI is InChI=1S/C10H19F3N4/c1-7(2)5-15-9(16-14)17(8-3-4-8)6-10(11,12)13/h7-8H,3-6,14H2,1-2H3,(H,15,16). The molecule has 0 aromatic carbocycles. The normalized spacial score (nSPS) is 17.5. The van der Waals surface area contributed by atoms with Crippen molar-refractivity contribution in [1.29, 1.82) is 0 Å². The Bertz CT molecular complexity index is 271. The van der Waals surface area contributed by atoms with Crippen LogP contribution < -0.4 is 11.3 Å². The van der Waals surface area contributed by atoms with Crippen LogP contribution in [0.2, 0.25) is 0 Å². The number of aliphatic imine (C=N–C) groups is 1. The molecule has 0 heterocycles. The van der Waals surface area contributed by atoms with Crippen molar-refractivity contribution in [3.05, 3.63) is 0 Å². The molecule has 1 fully saturated rings. The van der Waals surface area contributed by atoms with Crippen LogP contribution in [0, 0.1) is 5.92 Å². The fourth-order valence-corrected chi connectivity index (χ4v) is 1.44. The monoisotopic (exact) mass is 252 g/mol. The van der Waals surface area contributed by atoms with E-state index < -0.39 is 12.7 Å². The summed E-state index contributed by atoms with van der Waals surface area (Å²) < 4.78 is 37.3. The molecule has 0 aliphatic heterocycles. The molecule has 1 saturated carbocycles. The predicted octanol–water partition coefficient (Wildman–Crippen LogP) is 1.49. The van der Waals surface area contributed by atoms with Crippen molar-refractivity contribution in [2.75, 3.05) is 13.1 Å². The molecule has 7 heteroatoms. The third-order valence-electron chi connectivity index (χ3n) is 2.34. The quantitative estimate of drug-likeness (QED) is 0.345. The van der Waals surface area contributed by atoms with Crippen LogP contribution in [0.3, 0.4) is 0 Å². The summed E-state index contributed by atoms with van der Waals surface area (Å²) in [6.07, 6.45) is -2.71. The van der Waals surface area contributed by atoms with Crippen molar-refractivity contribution in [1.82, 2.24) is 10.3 Å². The Morgan fingerprint density at radius 1 is 1.47 bits per heavy atom. The van der Waals surface area contributed by atoms with Crippen LogP contribution >= 0.6 is 0 Å². The summed E-state index contributed by atoms with van der Waals surface area (Å²) >= 11 is 0. The molecule has 0 aromatic heterocycles. The molecule has 1 rings (SSSR count). The van der Waals surface area contributed by atoms with E-state index in [-0.39, 0.29) is 17.9 Å². The number of rotatable bonds is 4. The number of alkyl halides is 3. The lowest BCUT2D eigenvalue weighted by atomic mass is 10.2. The Morgan fingerprint density at radius 3 is 2.41 bits per heavy atom. The number of hydrogen-bond acceptors (Lipinski definition) is 2. The van der Waals surface area contributed by atoms with Gasteiger partial charge in [-0.15, -0.1) is 0 Å². The molecule has 0 spiro atoms. The van der Waals surface area contributed by atoms with E-state index >= 15 is 0 Å². The van der Waals surface area contributed by atoms with Gasteiger partial charge in [0.15, 0.2) is 0 Å². The van der Waals surface area contributed by atoms with Crippen molar-refractivity contribution < 1.29 is 13.2 Å². The summed E-state index contributed by atoms with van der Waals surface area (Å²) in [5, 5.41) is 0. The third kappa shape index (κ3) is 5.25.